The Balaban J connectivity index is 2.08. The molecule has 3 N–H and O–H groups in total. The van der Waals surface area contributed by atoms with Crippen molar-refractivity contribution in [2.24, 2.45) is 0 Å². The average molecular weight is 187 g/mol. The summed E-state index contributed by atoms with van der Waals surface area (Å²) in [5, 5.41) is 28.6. The van der Waals surface area contributed by atoms with Crippen molar-refractivity contribution in [1.29, 1.82) is 0 Å². The summed E-state index contributed by atoms with van der Waals surface area (Å²) >= 11 is 0. The van der Waals surface area contributed by atoms with Gasteiger partial charge in [-0.2, -0.15) is 0 Å². The third kappa shape index (κ3) is 1.59. The minimum absolute atomic E-state index is 0.0622. The Hall–Kier alpha value is -0.160. The largest absolute Gasteiger partial charge is 0.389 e. The molecule has 2 saturated heterocycles. The SMILES string of the molecule is O[C@@H]1[C@H](O)[C@@H](O)CN2CCCC[C@H]12. The zero-order chi connectivity index (χ0) is 9.42. The Labute approximate surface area is 77.8 Å². The molecule has 0 radical (unpaired) electrons. The van der Waals surface area contributed by atoms with Gasteiger partial charge in [0.05, 0.1) is 12.2 Å². The minimum Gasteiger partial charge on any atom is -0.389 e. The van der Waals surface area contributed by atoms with Gasteiger partial charge in [0, 0.05) is 12.6 Å². The van der Waals surface area contributed by atoms with E-state index >= 15 is 0 Å². The van der Waals surface area contributed by atoms with Crippen molar-refractivity contribution in [2.75, 3.05) is 13.1 Å². The predicted molar refractivity (Wildman–Crippen MR) is 47.2 cm³/mol. The second kappa shape index (κ2) is 3.53. The molecule has 4 atom stereocenters. The van der Waals surface area contributed by atoms with E-state index in [2.05, 4.69) is 4.90 Å². The van der Waals surface area contributed by atoms with E-state index in [-0.39, 0.29) is 6.04 Å². The Morgan fingerprint density at radius 1 is 1.00 bits per heavy atom. The van der Waals surface area contributed by atoms with E-state index in [9.17, 15) is 15.3 Å². The maximum atomic E-state index is 9.69. The van der Waals surface area contributed by atoms with Crippen molar-refractivity contribution < 1.29 is 15.3 Å². The summed E-state index contributed by atoms with van der Waals surface area (Å²) in [6, 6.07) is 0.0622. The maximum absolute atomic E-state index is 9.69. The molecular weight excluding hydrogens is 170 g/mol. The summed E-state index contributed by atoms with van der Waals surface area (Å²) in [6.07, 6.45) is 0.658. The molecule has 0 saturated carbocycles. The van der Waals surface area contributed by atoms with Crippen molar-refractivity contribution in [3.05, 3.63) is 0 Å². The molecule has 2 aliphatic rings. The highest BCUT2D eigenvalue weighted by Crippen LogP contribution is 2.26. The highest BCUT2D eigenvalue weighted by Gasteiger charge is 2.41. The Bertz CT molecular complexity index is 186. The number of piperidine rings is 2. The first-order valence-corrected chi connectivity index (χ1v) is 4.98. The first-order valence-electron chi connectivity index (χ1n) is 4.98. The van der Waals surface area contributed by atoms with Crippen molar-refractivity contribution in [3.8, 4) is 0 Å². The molecule has 76 valence electrons. The fourth-order valence-corrected chi connectivity index (χ4v) is 2.43. The molecule has 13 heavy (non-hydrogen) atoms. The number of hydrogen-bond donors (Lipinski definition) is 3. The number of fused-ring (bicyclic) bond motifs is 1. The van der Waals surface area contributed by atoms with E-state index in [0.717, 1.165) is 25.8 Å². The number of aliphatic hydroxyl groups is 3. The summed E-state index contributed by atoms with van der Waals surface area (Å²) < 4.78 is 0. The van der Waals surface area contributed by atoms with Crippen LogP contribution in [0.25, 0.3) is 0 Å². The summed E-state index contributed by atoms with van der Waals surface area (Å²) in [6.45, 7) is 1.44. The lowest BCUT2D eigenvalue weighted by Crippen LogP contribution is -2.62. The molecule has 2 heterocycles. The van der Waals surface area contributed by atoms with Crippen LogP contribution in [0.5, 0.6) is 0 Å². The molecule has 0 aromatic rings. The van der Waals surface area contributed by atoms with Crippen LogP contribution in [0.15, 0.2) is 0 Å². The van der Waals surface area contributed by atoms with Gasteiger partial charge < -0.3 is 15.3 Å². The number of hydrogen-bond acceptors (Lipinski definition) is 4. The fraction of sp³-hybridized carbons (Fsp3) is 1.00. The van der Waals surface area contributed by atoms with Crippen molar-refractivity contribution in [1.82, 2.24) is 4.90 Å². The topological polar surface area (TPSA) is 63.9 Å². The van der Waals surface area contributed by atoms with E-state index in [1.54, 1.807) is 0 Å². The quantitative estimate of drug-likeness (QED) is 0.452. The standard InChI is InChI=1S/C9H17NO3/c11-7-5-10-4-2-1-3-6(10)8(12)9(7)13/h6-9,11-13H,1-5H2/t6-,7+,8+,9-/m1/s1. The lowest BCUT2D eigenvalue weighted by atomic mass is 9.88. The number of aliphatic hydroxyl groups excluding tert-OH is 3. The molecule has 0 bridgehead atoms. The van der Waals surface area contributed by atoms with Gasteiger partial charge in [-0.3, -0.25) is 4.90 Å². The summed E-state index contributed by atoms with van der Waals surface area (Å²) in [7, 11) is 0. The van der Waals surface area contributed by atoms with Gasteiger partial charge >= 0.3 is 0 Å². The van der Waals surface area contributed by atoms with Crippen LogP contribution in [0.4, 0.5) is 0 Å². The van der Waals surface area contributed by atoms with Crippen LogP contribution >= 0.6 is 0 Å². The Morgan fingerprint density at radius 3 is 2.54 bits per heavy atom. The zero-order valence-corrected chi connectivity index (χ0v) is 7.63. The van der Waals surface area contributed by atoms with Crippen molar-refractivity contribution >= 4 is 0 Å². The molecule has 2 fully saturated rings. The Kier molecular flexibility index (Phi) is 2.55. The van der Waals surface area contributed by atoms with Gasteiger partial charge in [-0.05, 0) is 19.4 Å². The molecule has 4 nitrogen and oxygen atoms in total. The summed E-state index contributed by atoms with van der Waals surface area (Å²) in [4.78, 5) is 2.09. The van der Waals surface area contributed by atoms with Crippen LogP contribution in [0.2, 0.25) is 0 Å². The third-order valence-corrected chi connectivity index (χ3v) is 3.22. The normalized spacial score (nSPS) is 47.3. The van der Waals surface area contributed by atoms with Crippen LogP contribution in [0, 0.1) is 0 Å². The van der Waals surface area contributed by atoms with Gasteiger partial charge in [0.1, 0.15) is 6.10 Å². The molecule has 0 aliphatic carbocycles. The van der Waals surface area contributed by atoms with E-state index in [1.165, 1.54) is 0 Å². The second-order valence-electron chi connectivity index (χ2n) is 4.11. The van der Waals surface area contributed by atoms with Gasteiger partial charge in [-0.25, -0.2) is 0 Å². The van der Waals surface area contributed by atoms with Gasteiger partial charge in [-0.1, -0.05) is 6.42 Å². The van der Waals surface area contributed by atoms with E-state index in [1.807, 2.05) is 0 Å². The highest BCUT2D eigenvalue weighted by atomic mass is 16.4. The Morgan fingerprint density at radius 2 is 1.77 bits per heavy atom. The van der Waals surface area contributed by atoms with E-state index < -0.39 is 18.3 Å². The van der Waals surface area contributed by atoms with Gasteiger partial charge in [0.15, 0.2) is 0 Å². The third-order valence-electron chi connectivity index (χ3n) is 3.22. The van der Waals surface area contributed by atoms with Crippen molar-refractivity contribution in [3.63, 3.8) is 0 Å². The molecular formula is C9H17NO3. The smallest absolute Gasteiger partial charge is 0.108 e. The van der Waals surface area contributed by atoms with Crippen molar-refractivity contribution in [2.45, 2.75) is 43.6 Å². The average Bonchev–Trinajstić information content (AvgIpc) is 2.15. The van der Waals surface area contributed by atoms with Crippen LogP contribution in [-0.2, 0) is 0 Å². The monoisotopic (exact) mass is 187 g/mol. The number of rotatable bonds is 0. The zero-order valence-electron chi connectivity index (χ0n) is 7.63. The molecule has 2 aliphatic heterocycles. The molecule has 0 aromatic heterocycles. The van der Waals surface area contributed by atoms with E-state index in [0.29, 0.717) is 6.54 Å². The highest BCUT2D eigenvalue weighted by molar-refractivity contribution is 4.95. The molecule has 0 amide bonds. The molecule has 0 unspecified atom stereocenters. The maximum Gasteiger partial charge on any atom is 0.108 e. The fourth-order valence-electron chi connectivity index (χ4n) is 2.43. The number of nitrogens with zero attached hydrogens (tertiary/aromatic N) is 1. The van der Waals surface area contributed by atoms with Gasteiger partial charge in [0.2, 0.25) is 0 Å². The first kappa shape index (κ1) is 9.40. The molecule has 0 spiro atoms. The van der Waals surface area contributed by atoms with Crippen LogP contribution < -0.4 is 0 Å². The van der Waals surface area contributed by atoms with Crippen LogP contribution in [0.1, 0.15) is 19.3 Å². The lowest BCUT2D eigenvalue weighted by Gasteiger charge is -2.46. The molecule has 2 rings (SSSR count). The molecule has 0 aromatic carbocycles. The summed E-state index contributed by atoms with van der Waals surface area (Å²) in [5.74, 6) is 0. The van der Waals surface area contributed by atoms with Crippen LogP contribution in [0.3, 0.4) is 0 Å². The predicted octanol–water partition coefficient (Wildman–Crippen LogP) is -1.06. The van der Waals surface area contributed by atoms with Gasteiger partial charge in [-0.15, -0.1) is 0 Å². The second-order valence-corrected chi connectivity index (χ2v) is 4.11. The lowest BCUT2D eigenvalue weighted by molar-refractivity contribution is -0.144. The van der Waals surface area contributed by atoms with E-state index in [4.69, 9.17) is 0 Å². The van der Waals surface area contributed by atoms with Crippen LogP contribution in [-0.4, -0.2) is 57.7 Å². The first-order chi connectivity index (χ1) is 6.20. The minimum atomic E-state index is -0.959. The van der Waals surface area contributed by atoms with Gasteiger partial charge in [0.25, 0.3) is 0 Å². The summed E-state index contributed by atoms with van der Waals surface area (Å²) in [5.41, 5.74) is 0. The molecule has 4 heteroatoms.